The van der Waals surface area contributed by atoms with E-state index in [1.165, 1.54) is 96.3 Å². The van der Waals surface area contributed by atoms with E-state index in [1.807, 2.05) is 0 Å². The van der Waals surface area contributed by atoms with Gasteiger partial charge in [0, 0.05) is 6.61 Å². The second kappa shape index (κ2) is 18.0. The van der Waals surface area contributed by atoms with Gasteiger partial charge in [-0.3, -0.25) is 0 Å². The molecule has 3 N–H and O–H groups in total. The molecule has 0 aromatic heterocycles. The topological polar surface area (TPSA) is 46.2 Å². The lowest BCUT2D eigenvalue weighted by atomic mass is 9.95. The predicted molar refractivity (Wildman–Crippen MR) is 94.6 cm³/mol. The van der Waals surface area contributed by atoms with Crippen molar-refractivity contribution < 1.29 is 5.11 Å². The van der Waals surface area contributed by atoms with E-state index in [9.17, 15) is 5.11 Å². The minimum absolute atomic E-state index is 0.394. The molecule has 0 saturated heterocycles. The molecule has 0 fully saturated rings. The highest BCUT2D eigenvalue weighted by molar-refractivity contribution is 4.59. The maximum absolute atomic E-state index is 9.45. The fourth-order valence-electron chi connectivity index (χ4n) is 3.00. The number of rotatable bonds is 17. The van der Waals surface area contributed by atoms with E-state index >= 15 is 0 Å². The Balaban J connectivity index is 3.28. The van der Waals surface area contributed by atoms with E-state index in [0.717, 1.165) is 6.54 Å². The van der Waals surface area contributed by atoms with Crippen LogP contribution in [0.15, 0.2) is 0 Å². The Morgan fingerprint density at radius 2 is 1.10 bits per heavy atom. The molecule has 21 heavy (non-hydrogen) atoms. The van der Waals surface area contributed by atoms with Crippen LogP contribution < -0.4 is 5.73 Å². The van der Waals surface area contributed by atoms with Crippen LogP contribution in [0.1, 0.15) is 103 Å². The van der Waals surface area contributed by atoms with Crippen LogP contribution in [-0.2, 0) is 0 Å². The Bertz CT molecular complexity index is 184. The van der Waals surface area contributed by atoms with E-state index in [1.54, 1.807) is 0 Å². The maximum atomic E-state index is 9.45. The SMILES string of the molecule is CCCCCCCCC(CO)CCCCCCCCCN. The van der Waals surface area contributed by atoms with Crippen molar-refractivity contribution in [1.82, 2.24) is 0 Å². The molecule has 1 atom stereocenters. The molecule has 0 saturated carbocycles. The zero-order chi connectivity index (χ0) is 15.6. The molecule has 0 spiro atoms. The molecule has 0 heterocycles. The Hall–Kier alpha value is -0.0800. The summed E-state index contributed by atoms with van der Waals surface area (Å²) < 4.78 is 0. The van der Waals surface area contributed by atoms with E-state index in [2.05, 4.69) is 6.92 Å². The third-order valence-electron chi connectivity index (χ3n) is 4.54. The van der Waals surface area contributed by atoms with Gasteiger partial charge in [0.2, 0.25) is 0 Å². The molecule has 0 aromatic rings. The predicted octanol–water partition coefficient (Wildman–Crippen LogP) is 5.43. The molecule has 0 amide bonds. The maximum Gasteiger partial charge on any atom is 0.0459 e. The van der Waals surface area contributed by atoms with Crippen LogP contribution in [-0.4, -0.2) is 18.3 Å². The average molecular weight is 300 g/mol. The summed E-state index contributed by atoms with van der Waals surface area (Å²) >= 11 is 0. The third kappa shape index (κ3) is 16.1. The Labute approximate surface area is 133 Å². The zero-order valence-corrected chi connectivity index (χ0v) is 14.6. The summed E-state index contributed by atoms with van der Waals surface area (Å²) in [5.74, 6) is 0.563. The highest BCUT2D eigenvalue weighted by atomic mass is 16.3. The first-order chi connectivity index (χ1) is 10.3. The highest BCUT2D eigenvalue weighted by Gasteiger charge is 2.06. The van der Waals surface area contributed by atoms with Crippen LogP contribution in [0, 0.1) is 5.92 Å². The van der Waals surface area contributed by atoms with Gasteiger partial charge in [-0.25, -0.2) is 0 Å². The second-order valence-electron chi connectivity index (χ2n) is 6.66. The standard InChI is InChI=1S/C19H41NO/c1-2-3-4-5-9-12-15-19(18-21)16-13-10-7-6-8-11-14-17-20/h19,21H,2-18,20H2,1H3. The molecule has 1 unspecified atom stereocenters. The van der Waals surface area contributed by atoms with E-state index in [0.29, 0.717) is 12.5 Å². The first-order valence-electron chi connectivity index (χ1n) is 9.66. The lowest BCUT2D eigenvalue weighted by molar-refractivity contribution is 0.204. The number of unbranched alkanes of at least 4 members (excludes halogenated alkanes) is 11. The smallest absolute Gasteiger partial charge is 0.0459 e. The number of aliphatic hydroxyl groups excluding tert-OH is 1. The first-order valence-corrected chi connectivity index (χ1v) is 9.66. The third-order valence-corrected chi connectivity index (χ3v) is 4.54. The zero-order valence-electron chi connectivity index (χ0n) is 14.6. The molecule has 2 heteroatoms. The van der Waals surface area contributed by atoms with Crippen molar-refractivity contribution in [3.05, 3.63) is 0 Å². The molecule has 128 valence electrons. The molecule has 0 aliphatic heterocycles. The molecule has 0 aliphatic carbocycles. The fraction of sp³-hybridized carbons (Fsp3) is 1.00. The van der Waals surface area contributed by atoms with Crippen LogP contribution in [0.2, 0.25) is 0 Å². The summed E-state index contributed by atoms with van der Waals surface area (Å²) in [5, 5.41) is 9.45. The minimum Gasteiger partial charge on any atom is -0.396 e. The summed E-state index contributed by atoms with van der Waals surface area (Å²) in [4.78, 5) is 0. The van der Waals surface area contributed by atoms with Crippen molar-refractivity contribution in [3.63, 3.8) is 0 Å². The second-order valence-corrected chi connectivity index (χ2v) is 6.66. The number of aliphatic hydroxyl groups is 1. The lowest BCUT2D eigenvalue weighted by Crippen LogP contribution is -2.06. The normalized spacial score (nSPS) is 12.7. The molecule has 2 nitrogen and oxygen atoms in total. The molecule has 0 rings (SSSR count). The summed E-state index contributed by atoms with van der Waals surface area (Å²) in [6.45, 7) is 3.50. The van der Waals surface area contributed by atoms with Crippen molar-refractivity contribution in [2.75, 3.05) is 13.2 Å². The molecular formula is C19H41NO. The Morgan fingerprint density at radius 1 is 0.667 bits per heavy atom. The molecule has 0 aliphatic rings. The van der Waals surface area contributed by atoms with Crippen LogP contribution in [0.5, 0.6) is 0 Å². The first kappa shape index (κ1) is 20.9. The minimum atomic E-state index is 0.394. The van der Waals surface area contributed by atoms with Crippen LogP contribution >= 0.6 is 0 Å². The van der Waals surface area contributed by atoms with Gasteiger partial charge in [-0.15, -0.1) is 0 Å². The number of hydrogen-bond donors (Lipinski definition) is 2. The summed E-state index contributed by atoms with van der Waals surface area (Å²) in [5.41, 5.74) is 5.49. The molecule has 0 radical (unpaired) electrons. The van der Waals surface area contributed by atoms with Crippen molar-refractivity contribution in [2.24, 2.45) is 11.7 Å². The monoisotopic (exact) mass is 299 g/mol. The summed E-state index contributed by atoms with van der Waals surface area (Å²) in [7, 11) is 0. The van der Waals surface area contributed by atoms with Gasteiger partial charge < -0.3 is 10.8 Å². The van der Waals surface area contributed by atoms with Gasteiger partial charge >= 0.3 is 0 Å². The summed E-state index contributed by atoms with van der Waals surface area (Å²) in [6.07, 6.45) is 19.8. The van der Waals surface area contributed by atoms with Gasteiger partial charge in [0.1, 0.15) is 0 Å². The quantitative estimate of drug-likeness (QED) is 0.352. The van der Waals surface area contributed by atoms with Crippen molar-refractivity contribution >= 4 is 0 Å². The van der Waals surface area contributed by atoms with Crippen molar-refractivity contribution in [1.29, 1.82) is 0 Å². The van der Waals surface area contributed by atoms with E-state index in [4.69, 9.17) is 5.73 Å². The van der Waals surface area contributed by atoms with Gasteiger partial charge in [0.25, 0.3) is 0 Å². The fourth-order valence-corrected chi connectivity index (χ4v) is 3.00. The lowest BCUT2D eigenvalue weighted by Gasteiger charge is -2.13. The number of hydrogen-bond acceptors (Lipinski definition) is 2. The van der Waals surface area contributed by atoms with Gasteiger partial charge in [-0.2, -0.15) is 0 Å². The summed E-state index contributed by atoms with van der Waals surface area (Å²) in [6, 6.07) is 0. The molecule has 0 bridgehead atoms. The largest absolute Gasteiger partial charge is 0.396 e. The van der Waals surface area contributed by atoms with Gasteiger partial charge in [-0.05, 0) is 31.7 Å². The van der Waals surface area contributed by atoms with Crippen molar-refractivity contribution in [3.8, 4) is 0 Å². The number of nitrogens with two attached hydrogens (primary N) is 1. The van der Waals surface area contributed by atoms with Crippen molar-refractivity contribution in [2.45, 2.75) is 103 Å². The van der Waals surface area contributed by atoms with Gasteiger partial charge in [0.15, 0.2) is 0 Å². The Kier molecular flexibility index (Phi) is 17.9. The highest BCUT2D eigenvalue weighted by Crippen LogP contribution is 2.18. The van der Waals surface area contributed by atoms with E-state index < -0.39 is 0 Å². The molecule has 0 aromatic carbocycles. The average Bonchev–Trinajstić information content (AvgIpc) is 2.51. The van der Waals surface area contributed by atoms with Gasteiger partial charge in [-0.1, -0.05) is 84.0 Å². The van der Waals surface area contributed by atoms with Crippen LogP contribution in [0.4, 0.5) is 0 Å². The van der Waals surface area contributed by atoms with E-state index in [-0.39, 0.29) is 0 Å². The van der Waals surface area contributed by atoms with Gasteiger partial charge in [0.05, 0.1) is 0 Å². The molecular weight excluding hydrogens is 258 g/mol. The van der Waals surface area contributed by atoms with Crippen LogP contribution in [0.25, 0.3) is 0 Å². The van der Waals surface area contributed by atoms with Crippen LogP contribution in [0.3, 0.4) is 0 Å². The Morgan fingerprint density at radius 3 is 1.52 bits per heavy atom.